The summed E-state index contributed by atoms with van der Waals surface area (Å²) in [7, 11) is 0. The number of aromatic nitrogens is 2. The van der Waals surface area contributed by atoms with Gasteiger partial charge in [0, 0.05) is 24.8 Å². The van der Waals surface area contributed by atoms with E-state index in [4.69, 9.17) is 23.2 Å². The Bertz CT molecular complexity index is 392. The smallest absolute Gasteiger partial charge is 0.255 e. The summed E-state index contributed by atoms with van der Waals surface area (Å²) in [5.41, 5.74) is 1.90. The van der Waals surface area contributed by atoms with Crippen molar-refractivity contribution in [3.05, 3.63) is 23.0 Å². The fraction of sp³-hybridized carbons (Fsp3) is 0.545. The van der Waals surface area contributed by atoms with E-state index in [1.165, 1.54) is 0 Å². The molecule has 1 amide bonds. The fourth-order valence-electron chi connectivity index (χ4n) is 1.46. The van der Waals surface area contributed by atoms with Crippen molar-refractivity contribution in [1.29, 1.82) is 0 Å². The third-order valence-electron chi connectivity index (χ3n) is 2.33. The van der Waals surface area contributed by atoms with Gasteiger partial charge >= 0.3 is 0 Å². The fourth-order valence-corrected chi connectivity index (χ4v) is 1.86. The van der Waals surface area contributed by atoms with Gasteiger partial charge in [0.05, 0.1) is 17.0 Å². The minimum absolute atomic E-state index is 0.0956. The summed E-state index contributed by atoms with van der Waals surface area (Å²) in [6.07, 6.45) is 0. The lowest BCUT2D eigenvalue weighted by Crippen LogP contribution is -2.35. The van der Waals surface area contributed by atoms with E-state index in [-0.39, 0.29) is 5.91 Å². The summed E-state index contributed by atoms with van der Waals surface area (Å²) >= 11 is 11.3. The molecule has 6 heteroatoms. The van der Waals surface area contributed by atoms with Crippen LogP contribution in [0.4, 0.5) is 0 Å². The van der Waals surface area contributed by atoms with E-state index in [2.05, 4.69) is 10.2 Å². The molecule has 0 radical (unpaired) electrons. The molecular formula is C11H15Cl2N3O. The van der Waals surface area contributed by atoms with Crippen LogP contribution in [0.1, 0.15) is 21.7 Å². The van der Waals surface area contributed by atoms with Crippen molar-refractivity contribution in [1.82, 2.24) is 15.1 Å². The molecule has 0 bridgehead atoms. The lowest BCUT2D eigenvalue weighted by atomic mass is 10.1. The van der Waals surface area contributed by atoms with Crippen LogP contribution in [0.25, 0.3) is 0 Å². The molecule has 1 aromatic rings. The zero-order chi connectivity index (χ0) is 12.8. The third kappa shape index (κ3) is 3.82. The summed E-state index contributed by atoms with van der Waals surface area (Å²) in [5, 5.41) is 7.84. The van der Waals surface area contributed by atoms with Gasteiger partial charge in [-0.05, 0) is 19.9 Å². The number of aryl methyl sites for hydroxylation is 2. The van der Waals surface area contributed by atoms with E-state index < -0.39 is 0 Å². The molecule has 0 aromatic carbocycles. The lowest BCUT2D eigenvalue weighted by Gasteiger charge is -2.21. The van der Waals surface area contributed by atoms with E-state index in [1.54, 1.807) is 24.8 Å². The number of carbonyl (C=O) groups is 1. The largest absolute Gasteiger partial charge is 0.336 e. The van der Waals surface area contributed by atoms with Crippen molar-refractivity contribution in [2.75, 3.05) is 24.8 Å². The maximum atomic E-state index is 12.2. The first-order valence-electron chi connectivity index (χ1n) is 5.32. The molecule has 0 N–H and O–H groups in total. The van der Waals surface area contributed by atoms with E-state index in [0.29, 0.717) is 36.1 Å². The second-order valence-corrected chi connectivity index (χ2v) is 4.41. The molecule has 0 saturated heterocycles. The number of amides is 1. The average Bonchev–Trinajstić information content (AvgIpc) is 2.31. The van der Waals surface area contributed by atoms with Crippen molar-refractivity contribution in [2.45, 2.75) is 13.8 Å². The summed E-state index contributed by atoms with van der Waals surface area (Å²) < 4.78 is 0. The molecule has 17 heavy (non-hydrogen) atoms. The predicted molar refractivity (Wildman–Crippen MR) is 68.8 cm³/mol. The molecule has 0 aliphatic rings. The number of halogens is 2. The Balaban J connectivity index is 2.95. The van der Waals surface area contributed by atoms with Crippen LogP contribution in [0.5, 0.6) is 0 Å². The van der Waals surface area contributed by atoms with Crippen LogP contribution >= 0.6 is 23.2 Å². The first-order valence-corrected chi connectivity index (χ1v) is 6.39. The molecule has 0 aliphatic heterocycles. The Kier molecular flexibility index (Phi) is 5.65. The van der Waals surface area contributed by atoms with E-state index in [0.717, 1.165) is 5.69 Å². The van der Waals surface area contributed by atoms with Gasteiger partial charge < -0.3 is 4.90 Å². The molecule has 0 fully saturated rings. The van der Waals surface area contributed by atoms with Gasteiger partial charge in [0.15, 0.2) is 0 Å². The van der Waals surface area contributed by atoms with E-state index >= 15 is 0 Å². The predicted octanol–water partition coefficient (Wildman–Crippen LogP) is 2.01. The van der Waals surface area contributed by atoms with Crippen LogP contribution in [-0.2, 0) is 0 Å². The number of hydrogen-bond acceptors (Lipinski definition) is 3. The van der Waals surface area contributed by atoms with Crippen LogP contribution in [0.15, 0.2) is 6.07 Å². The topological polar surface area (TPSA) is 46.1 Å². The van der Waals surface area contributed by atoms with Gasteiger partial charge in [-0.3, -0.25) is 4.79 Å². The van der Waals surface area contributed by atoms with Crippen molar-refractivity contribution >= 4 is 29.1 Å². The first kappa shape index (κ1) is 14.2. The maximum Gasteiger partial charge on any atom is 0.255 e. The van der Waals surface area contributed by atoms with Crippen LogP contribution < -0.4 is 0 Å². The molecule has 0 saturated carbocycles. The second kappa shape index (κ2) is 6.77. The summed E-state index contributed by atoms with van der Waals surface area (Å²) in [5.74, 6) is 0.681. The van der Waals surface area contributed by atoms with Gasteiger partial charge in [0.1, 0.15) is 0 Å². The Morgan fingerprint density at radius 3 is 2.35 bits per heavy atom. The standard InChI is InChI=1S/C11H15Cl2N3O/c1-8-7-10(9(2)15-14-8)11(17)16(5-3-12)6-4-13/h7H,3-6H2,1-2H3. The molecule has 94 valence electrons. The van der Waals surface area contributed by atoms with Crippen LogP contribution in [0.2, 0.25) is 0 Å². The number of rotatable bonds is 5. The molecule has 0 atom stereocenters. The van der Waals surface area contributed by atoms with Gasteiger partial charge in [0.2, 0.25) is 0 Å². The highest BCUT2D eigenvalue weighted by atomic mass is 35.5. The van der Waals surface area contributed by atoms with Gasteiger partial charge in [-0.15, -0.1) is 23.2 Å². The maximum absolute atomic E-state index is 12.2. The minimum Gasteiger partial charge on any atom is -0.336 e. The zero-order valence-corrected chi connectivity index (χ0v) is 11.4. The first-order chi connectivity index (χ1) is 8.10. The van der Waals surface area contributed by atoms with Crippen molar-refractivity contribution in [2.24, 2.45) is 0 Å². The third-order valence-corrected chi connectivity index (χ3v) is 2.67. The van der Waals surface area contributed by atoms with E-state index in [1.807, 2.05) is 0 Å². The monoisotopic (exact) mass is 275 g/mol. The quantitative estimate of drug-likeness (QED) is 0.773. The highest BCUT2D eigenvalue weighted by Crippen LogP contribution is 2.09. The lowest BCUT2D eigenvalue weighted by molar-refractivity contribution is 0.0773. The number of nitrogens with zero attached hydrogens (tertiary/aromatic N) is 3. The van der Waals surface area contributed by atoms with Crippen LogP contribution in [-0.4, -0.2) is 45.9 Å². The molecular weight excluding hydrogens is 261 g/mol. The Labute approximate surface area is 111 Å². The summed E-state index contributed by atoms with van der Waals surface area (Å²) in [6, 6.07) is 1.74. The molecule has 4 nitrogen and oxygen atoms in total. The molecule has 1 rings (SSSR count). The SMILES string of the molecule is Cc1cc(C(=O)N(CCCl)CCCl)c(C)nn1. The van der Waals surface area contributed by atoms with Crippen molar-refractivity contribution in [3.8, 4) is 0 Å². The Morgan fingerprint density at radius 1 is 1.24 bits per heavy atom. The van der Waals surface area contributed by atoms with Gasteiger partial charge in [-0.25, -0.2) is 0 Å². The van der Waals surface area contributed by atoms with Crippen LogP contribution in [0, 0.1) is 13.8 Å². The number of hydrogen-bond donors (Lipinski definition) is 0. The van der Waals surface area contributed by atoms with Crippen molar-refractivity contribution in [3.63, 3.8) is 0 Å². The average molecular weight is 276 g/mol. The number of carbonyl (C=O) groups excluding carboxylic acids is 1. The highest BCUT2D eigenvalue weighted by Gasteiger charge is 2.17. The van der Waals surface area contributed by atoms with Crippen LogP contribution in [0.3, 0.4) is 0 Å². The Morgan fingerprint density at radius 2 is 1.82 bits per heavy atom. The molecule has 0 unspecified atom stereocenters. The minimum atomic E-state index is -0.0956. The summed E-state index contributed by atoms with van der Waals surface area (Å²) in [4.78, 5) is 13.9. The highest BCUT2D eigenvalue weighted by molar-refractivity contribution is 6.18. The van der Waals surface area contributed by atoms with Gasteiger partial charge in [0.25, 0.3) is 5.91 Å². The molecule has 1 aromatic heterocycles. The zero-order valence-electron chi connectivity index (χ0n) is 9.91. The molecule has 0 spiro atoms. The normalized spacial score (nSPS) is 10.4. The number of alkyl halides is 2. The summed E-state index contributed by atoms with van der Waals surface area (Å²) in [6.45, 7) is 4.53. The van der Waals surface area contributed by atoms with Gasteiger partial charge in [-0.2, -0.15) is 10.2 Å². The van der Waals surface area contributed by atoms with E-state index in [9.17, 15) is 4.79 Å². The van der Waals surface area contributed by atoms with Crippen molar-refractivity contribution < 1.29 is 4.79 Å². The van der Waals surface area contributed by atoms with Gasteiger partial charge in [-0.1, -0.05) is 0 Å². The molecule has 0 aliphatic carbocycles. The molecule has 1 heterocycles. The Hall–Kier alpha value is -0.870. The second-order valence-electron chi connectivity index (χ2n) is 3.65.